The molecule has 2 aromatic carbocycles. The molecule has 3 heteroatoms. The van der Waals surface area contributed by atoms with Gasteiger partial charge in [-0.15, -0.1) is 0 Å². The predicted molar refractivity (Wildman–Crippen MR) is 94.8 cm³/mol. The third kappa shape index (κ3) is 4.29. The van der Waals surface area contributed by atoms with Crippen LogP contribution in [0.4, 0.5) is 0 Å². The maximum atomic E-state index is 4.80. The summed E-state index contributed by atoms with van der Waals surface area (Å²) in [6.45, 7) is 4.26. The zero-order valence-corrected chi connectivity index (χ0v) is 13.5. The fraction of sp³-hybridized carbons (Fsp3) is 0.263. The molecule has 2 aromatic rings. The molecule has 3 nitrogen and oxygen atoms in total. The van der Waals surface area contributed by atoms with E-state index in [1.807, 2.05) is 48.5 Å². The van der Waals surface area contributed by atoms with Gasteiger partial charge in [-0.2, -0.15) is 0 Å². The first-order valence-corrected chi connectivity index (χ1v) is 7.67. The van der Waals surface area contributed by atoms with Crippen LogP contribution in [-0.4, -0.2) is 24.8 Å². The van der Waals surface area contributed by atoms with E-state index in [4.69, 9.17) is 4.99 Å². The SMILES string of the molecule is CCC(C)N=C(NC(=NC)c1ccccc1)c1ccccc1. The second-order valence-electron chi connectivity index (χ2n) is 5.16. The smallest absolute Gasteiger partial charge is 0.134 e. The molecular weight excluding hydrogens is 270 g/mol. The lowest BCUT2D eigenvalue weighted by molar-refractivity contribution is 0.714. The summed E-state index contributed by atoms with van der Waals surface area (Å²) >= 11 is 0. The highest BCUT2D eigenvalue weighted by molar-refractivity contribution is 6.14. The Morgan fingerprint density at radius 3 is 1.86 bits per heavy atom. The predicted octanol–water partition coefficient (Wildman–Crippen LogP) is 3.90. The van der Waals surface area contributed by atoms with Gasteiger partial charge in [-0.05, 0) is 13.3 Å². The number of hydrogen-bond donors (Lipinski definition) is 1. The summed E-state index contributed by atoms with van der Waals surface area (Å²) < 4.78 is 0. The van der Waals surface area contributed by atoms with Gasteiger partial charge < -0.3 is 5.32 Å². The summed E-state index contributed by atoms with van der Waals surface area (Å²) in [6.07, 6.45) is 1.00. The van der Waals surface area contributed by atoms with Gasteiger partial charge in [0.05, 0.1) is 0 Å². The minimum Gasteiger partial charge on any atom is -0.325 e. The van der Waals surface area contributed by atoms with Gasteiger partial charge in [0.2, 0.25) is 0 Å². The van der Waals surface area contributed by atoms with E-state index >= 15 is 0 Å². The van der Waals surface area contributed by atoms with E-state index in [9.17, 15) is 0 Å². The first-order valence-electron chi connectivity index (χ1n) is 7.67. The normalized spacial score (nSPS) is 13.8. The lowest BCUT2D eigenvalue weighted by Crippen LogP contribution is -2.33. The van der Waals surface area contributed by atoms with Crippen LogP contribution in [0.2, 0.25) is 0 Å². The van der Waals surface area contributed by atoms with Crippen LogP contribution in [-0.2, 0) is 0 Å². The molecule has 114 valence electrons. The quantitative estimate of drug-likeness (QED) is 0.673. The molecular formula is C19H23N3. The van der Waals surface area contributed by atoms with Crippen molar-refractivity contribution in [1.29, 1.82) is 0 Å². The Kier molecular flexibility index (Phi) is 5.90. The minimum absolute atomic E-state index is 0.261. The molecule has 22 heavy (non-hydrogen) atoms. The molecule has 0 radical (unpaired) electrons. The Labute approximate surface area is 132 Å². The number of nitrogens with zero attached hydrogens (tertiary/aromatic N) is 2. The number of hydrogen-bond acceptors (Lipinski definition) is 2. The maximum absolute atomic E-state index is 4.80. The van der Waals surface area contributed by atoms with Crippen molar-refractivity contribution in [2.24, 2.45) is 9.98 Å². The zero-order chi connectivity index (χ0) is 15.8. The average molecular weight is 293 g/mol. The molecule has 1 unspecified atom stereocenters. The summed E-state index contributed by atoms with van der Waals surface area (Å²) in [4.78, 5) is 9.18. The highest BCUT2D eigenvalue weighted by Gasteiger charge is 2.09. The van der Waals surface area contributed by atoms with Gasteiger partial charge in [-0.3, -0.25) is 9.98 Å². The van der Waals surface area contributed by atoms with E-state index in [1.54, 1.807) is 7.05 Å². The molecule has 0 heterocycles. The van der Waals surface area contributed by atoms with Gasteiger partial charge in [0.1, 0.15) is 11.7 Å². The second-order valence-corrected chi connectivity index (χ2v) is 5.16. The molecule has 0 saturated carbocycles. The summed E-state index contributed by atoms with van der Waals surface area (Å²) in [5, 5.41) is 3.40. The highest BCUT2D eigenvalue weighted by Crippen LogP contribution is 2.06. The number of rotatable bonds is 4. The number of aliphatic imine (C=N–C) groups is 2. The van der Waals surface area contributed by atoms with Crippen LogP contribution in [0.3, 0.4) is 0 Å². The molecule has 0 aromatic heterocycles. The molecule has 0 aliphatic rings. The third-order valence-corrected chi connectivity index (χ3v) is 3.50. The van der Waals surface area contributed by atoms with Crippen molar-refractivity contribution in [3.63, 3.8) is 0 Å². The Balaban J connectivity index is 2.32. The molecule has 0 amide bonds. The van der Waals surface area contributed by atoms with E-state index in [-0.39, 0.29) is 6.04 Å². The van der Waals surface area contributed by atoms with E-state index in [0.29, 0.717) is 0 Å². The number of benzene rings is 2. The Hall–Kier alpha value is -2.42. The standard InChI is InChI=1S/C19H23N3/c1-4-15(2)21-19(17-13-9-6-10-14-17)22-18(20-3)16-11-7-5-8-12-16/h5-15H,4H2,1-3H3,(H,20,21,22). The van der Waals surface area contributed by atoms with Crippen molar-refractivity contribution >= 4 is 11.7 Å². The van der Waals surface area contributed by atoms with Crippen molar-refractivity contribution in [3.8, 4) is 0 Å². The first kappa shape index (κ1) is 16.0. The minimum atomic E-state index is 0.261. The van der Waals surface area contributed by atoms with E-state index < -0.39 is 0 Å². The van der Waals surface area contributed by atoms with E-state index in [2.05, 4.69) is 36.3 Å². The Bertz CT molecular complexity index is 630. The fourth-order valence-corrected chi connectivity index (χ4v) is 2.05. The summed E-state index contributed by atoms with van der Waals surface area (Å²) in [5.74, 6) is 1.69. The monoisotopic (exact) mass is 293 g/mol. The van der Waals surface area contributed by atoms with Gasteiger partial charge in [0.25, 0.3) is 0 Å². The summed E-state index contributed by atoms with van der Waals surface area (Å²) in [6, 6.07) is 20.5. The first-order chi connectivity index (χ1) is 10.7. The lowest BCUT2D eigenvalue weighted by atomic mass is 10.1. The molecule has 0 aliphatic heterocycles. The Morgan fingerprint density at radius 1 is 0.909 bits per heavy atom. The van der Waals surface area contributed by atoms with Crippen LogP contribution in [0, 0.1) is 0 Å². The van der Waals surface area contributed by atoms with Crippen molar-refractivity contribution in [3.05, 3.63) is 71.8 Å². The van der Waals surface area contributed by atoms with Crippen LogP contribution >= 0.6 is 0 Å². The molecule has 0 spiro atoms. The molecule has 0 aliphatic carbocycles. The lowest BCUT2D eigenvalue weighted by Gasteiger charge is -2.14. The van der Waals surface area contributed by atoms with Crippen LogP contribution in [0.1, 0.15) is 31.4 Å². The third-order valence-electron chi connectivity index (χ3n) is 3.50. The fourth-order valence-electron chi connectivity index (χ4n) is 2.05. The highest BCUT2D eigenvalue weighted by atomic mass is 15.1. The van der Waals surface area contributed by atoms with Crippen LogP contribution < -0.4 is 5.32 Å². The summed E-state index contributed by atoms with van der Waals surface area (Å²) in [5.41, 5.74) is 2.12. The van der Waals surface area contributed by atoms with Crippen molar-refractivity contribution < 1.29 is 0 Å². The van der Waals surface area contributed by atoms with Crippen molar-refractivity contribution in [2.45, 2.75) is 26.3 Å². The second kappa shape index (κ2) is 8.13. The molecule has 0 bridgehead atoms. The van der Waals surface area contributed by atoms with E-state index in [1.165, 1.54) is 0 Å². The number of nitrogens with one attached hydrogen (secondary N) is 1. The number of amidine groups is 2. The molecule has 1 N–H and O–H groups in total. The topological polar surface area (TPSA) is 36.8 Å². The van der Waals surface area contributed by atoms with Crippen LogP contribution in [0.15, 0.2) is 70.6 Å². The molecule has 2 rings (SSSR count). The van der Waals surface area contributed by atoms with Gasteiger partial charge in [-0.1, -0.05) is 67.6 Å². The van der Waals surface area contributed by atoms with Crippen LogP contribution in [0.5, 0.6) is 0 Å². The Morgan fingerprint density at radius 2 is 1.41 bits per heavy atom. The van der Waals surface area contributed by atoms with Crippen molar-refractivity contribution in [1.82, 2.24) is 5.32 Å². The molecule has 1 atom stereocenters. The van der Waals surface area contributed by atoms with Gasteiger partial charge in [0.15, 0.2) is 0 Å². The van der Waals surface area contributed by atoms with Crippen LogP contribution in [0.25, 0.3) is 0 Å². The van der Waals surface area contributed by atoms with Gasteiger partial charge in [0, 0.05) is 24.2 Å². The van der Waals surface area contributed by atoms with Gasteiger partial charge in [-0.25, -0.2) is 0 Å². The van der Waals surface area contributed by atoms with Crippen molar-refractivity contribution in [2.75, 3.05) is 7.05 Å². The summed E-state index contributed by atoms with van der Waals surface area (Å²) in [7, 11) is 1.79. The van der Waals surface area contributed by atoms with E-state index in [0.717, 1.165) is 29.2 Å². The largest absolute Gasteiger partial charge is 0.325 e. The zero-order valence-electron chi connectivity index (χ0n) is 13.5. The maximum Gasteiger partial charge on any atom is 0.134 e. The molecule has 0 saturated heterocycles. The van der Waals surface area contributed by atoms with Gasteiger partial charge >= 0.3 is 0 Å². The average Bonchev–Trinajstić information content (AvgIpc) is 2.59. The molecule has 0 fully saturated rings.